The van der Waals surface area contributed by atoms with E-state index in [9.17, 15) is 0 Å². The van der Waals surface area contributed by atoms with Gasteiger partial charge in [-0.25, -0.2) is 0 Å². The van der Waals surface area contributed by atoms with Gasteiger partial charge in [-0.1, -0.05) is 19.1 Å². The Balaban J connectivity index is 3.59. The van der Waals surface area contributed by atoms with Gasteiger partial charge in [0.1, 0.15) is 0 Å². The molecule has 3 heteroatoms. The number of rotatable bonds is 7. The molecule has 3 N–H and O–H groups in total. The second-order valence-corrected chi connectivity index (χ2v) is 3.38. The van der Waals surface area contributed by atoms with E-state index >= 15 is 0 Å². The predicted molar refractivity (Wildman–Crippen MR) is 55.1 cm³/mol. The second-order valence-electron chi connectivity index (χ2n) is 3.00. The quantitative estimate of drug-likeness (QED) is 0.280. The van der Waals surface area contributed by atoms with Gasteiger partial charge in [-0.05, 0) is 25.7 Å². The summed E-state index contributed by atoms with van der Waals surface area (Å²) in [5.74, 6) is 6.09. The summed E-state index contributed by atoms with van der Waals surface area (Å²) >= 11 is 5.58. The standard InChI is InChI=1S/C9H19ClN2/c1-3-8(2)7-9(12-11)5-4-6-10/h9,12H,2-7,11H2,1H3. The monoisotopic (exact) mass is 190 g/mol. The number of alkyl halides is 1. The van der Waals surface area contributed by atoms with Crippen molar-refractivity contribution in [1.82, 2.24) is 5.43 Å². The zero-order valence-electron chi connectivity index (χ0n) is 7.78. The van der Waals surface area contributed by atoms with Crippen molar-refractivity contribution in [1.29, 1.82) is 0 Å². The Morgan fingerprint density at radius 2 is 2.33 bits per heavy atom. The van der Waals surface area contributed by atoms with Crippen molar-refractivity contribution < 1.29 is 0 Å². The van der Waals surface area contributed by atoms with Crippen LogP contribution in [0.15, 0.2) is 12.2 Å². The Morgan fingerprint density at radius 1 is 1.67 bits per heavy atom. The van der Waals surface area contributed by atoms with E-state index in [0.717, 1.165) is 25.7 Å². The largest absolute Gasteiger partial charge is 0.271 e. The van der Waals surface area contributed by atoms with Crippen molar-refractivity contribution in [2.75, 3.05) is 5.88 Å². The maximum absolute atomic E-state index is 5.58. The van der Waals surface area contributed by atoms with Gasteiger partial charge in [0.05, 0.1) is 0 Å². The Hall–Kier alpha value is -0.0500. The van der Waals surface area contributed by atoms with Gasteiger partial charge in [-0.3, -0.25) is 11.3 Å². The van der Waals surface area contributed by atoms with Gasteiger partial charge in [0, 0.05) is 11.9 Å². The first-order chi connectivity index (χ1) is 5.74. The molecule has 1 unspecified atom stereocenters. The first kappa shape index (κ1) is 11.9. The molecule has 0 saturated carbocycles. The second kappa shape index (κ2) is 7.59. The first-order valence-electron chi connectivity index (χ1n) is 4.43. The lowest BCUT2D eigenvalue weighted by molar-refractivity contribution is 0.482. The third kappa shape index (κ3) is 5.58. The lowest BCUT2D eigenvalue weighted by Crippen LogP contribution is -2.35. The van der Waals surface area contributed by atoms with E-state index in [-0.39, 0.29) is 0 Å². The first-order valence-corrected chi connectivity index (χ1v) is 4.96. The van der Waals surface area contributed by atoms with Crippen LogP contribution in [-0.4, -0.2) is 11.9 Å². The molecular formula is C9H19ClN2. The van der Waals surface area contributed by atoms with E-state index in [4.69, 9.17) is 17.4 Å². The molecule has 12 heavy (non-hydrogen) atoms. The van der Waals surface area contributed by atoms with Crippen molar-refractivity contribution >= 4 is 11.6 Å². The van der Waals surface area contributed by atoms with Gasteiger partial charge in [0.25, 0.3) is 0 Å². The molecule has 0 amide bonds. The highest BCUT2D eigenvalue weighted by Gasteiger charge is 2.06. The molecule has 0 aromatic carbocycles. The summed E-state index contributed by atoms with van der Waals surface area (Å²) in [5.41, 5.74) is 4.03. The zero-order chi connectivity index (χ0) is 9.40. The molecule has 0 radical (unpaired) electrons. The van der Waals surface area contributed by atoms with E-state index in [1.165, 1.54) is 5.57 Å². The van der Waals surface area contributed by atoms with Crippen molar-refractivity contribution in [3.63, 3.8) is 0 Å². The molecular weight excluding hydrogens is 172 g/mol. The van der Waals surface area contributed by atoms with Crippen LogP contribution in [0.25, 0.3) is 0 Å². The molecule has 0 bridgehead atoms. The molecule has 0 saturated heterocycles. The lowest BCUT2D eigenvalue weighted by Gasteiger charge is -2.15. The van der Waals surface area contributed by atoms with Crippen molar-refractivity contribution in [2.24, 2.45) is 5.84 Å². The fourth-order valence-corrected chi connectivity index (χ4v) is 1.21. The summed E-state index contributed by atoms with van der Waals surface area (Å²) in [6.07, 6.45) is 4.02. The fraction of sp³-hybridized carbons (Fsp3) is 0.778. The Morgan fingerprint density at radius 3 is 2.75 bits per heavy atom. The number of halogens is 1. The van der Waals surface area contributed by atoms with Crippen LogP contribution in [0.1, 0.15) is 32.6 Å². The maximum atomic E-state index is 5.58. The summed E-state index contributed by atoms with van der Waals surface area (Å²) in [7, 11) is 0. The topological polar surface area (TPSA) is 38.0 Å². The summed E-state index contributed by atoms with van der Waals surface area (Å²) in [5, 5.41) is 0. The Kier molecular flexibility index (Phi) is 7.56. The molecule has 0 aliphatic rings. The van der Waals surface area contributed by atoms with Crippen molar-refractivity contribution in [3.05, 3.63) is 12.2 Å². The molecule has 0 spiro atoms. The van der Waals surface area contributed by atoms with Gasteiger partial charge in [-0.15, -0.1) is 11.6 Å². The lowest BCUT2D eigenvalue weighted by atomic mass is 10.0. The highest BCUT2D eigenvalue weighted by molar-refractivity contribution is 6.17. The van der Waals surface area contributed by atoms with Crippen LogP contribution in [0.4, 0.5) is 0 Å². The molecule has 72 valence electrons. The number of nitrogens with one attached hydrogen (secondary N) is 1. The summed E-state index contributed by atoms with van der Waals surface area (Å²) in [4.78, 5) is 0. The van der Waals surface area contributed by atoms with E-state index in [1.807, 2.05) is 0 Å². The summed E-state index contributed by atoms with van der Waals surface area (Å²) in [6, 6.07) is 0.344. The smallest absolute Gasteiger partial charge is 0.0248 e. The van der Waals surface area contributed by atoms with Crippen LogP contribution in [-0.2, 0) is 0 Å². The van der Waals surface area contributed by atoms with Crippen LogP contribution >= 0.6 is 11.6 Å². The normalized spacial score (nSPS) is 12.9. The Bertz CT molecular complexity index is 126. The van der Waals surface area contributed by atoms with Crippen LogP contribution < -0.4 is 11.3 Å². The third-order valence-corrected chi connectivity index (χ3v) is 2.22. The minimum absolute atomic E-state index is 0.344. The summed E-state index contributed by atoms with van der Waals surface area (Å²) < 4.78 is 0. The van der Waals surface area contributed by atoms with Gasteiger partial charge >= 0.3 is 0 Å². The van der Waals surface area contributed by atoms with Crippen LogP contribution in [0.2, 0.25) is 0 Å². The molecule has 0 fully saturated rings. The zero-order valence-corrected chi connectivity index (χ0v) is 8.53. The van der Waals surface area contributed by atoms with E-state index in [2.05, 4.69) is 18.9 Å². The number of hydrogen-bond acceptors (Lipinski definition) is 2. The van der Waals surface area contributed by atoms with Crippen LogP contribution in [0.5, 0.6) is 0 Å². The van der Waals surface area contributed by atoms with Gasteiger partial charge < -0.3 is 0 Å². The predicted octanol–water partition coefficient (Wildman–Crippen LogP) is 2.19. The van der Waals surface area contributed by atoms with E-state index < -0.39 is 0 Å². The number of nitrogens with two attached hydrogens (primary N) is 1. The minimum atomic E-state index is 0.344. The van der Waals surface area contributed by atoms with Gasteiger partial charge in [-0.2, -0.15) is 0 Å². The van der Waals surface area contributed by atoms with Crippen LogP contribution in [0, 0.1) is 0 Å². The van der Waals surface area contributed by atoms with Crippen LogP contribution in [0.3, 0.4) is 0 Å². The van der Waals surface area contributed by atoms with Crippen molar-refractivity contribution in [2.45, 2.75) is 38.6 Å². The molecule has 0 aliphatic heterocycles. The fourth-order valence-electron chi connectivity index (χ4n) is 1.06. The molecule has 0 rings (SSSR count). The summed E-state index contributed by atoms with van der Waals surface area (Å²) in [6.45, 7) is 6.05. The third-order valence-electron chi connectivity index (χ3n) is 1.96. The Labute approximate surface area is 80.1 Å². The van der Waals surface area contributed by atoms with Crippen molar-refractivity contribution in [3.8, 4) is 0 Å². The molecule has 0 heterocycles. The number of hydrazine groups is 1. The minimum Gasteiger partial charge on any atom is -0.271 e. The average molecular weight is 191 g/mol. The van der Waals surface area contributed by atoms with E-state index in [1.54, 1.807) is 0 Å². The highest BCUT2D eigenvalue weighted by Crippen LogP contribution is 2.10. The van der Waals surface area contributed by atoms with E-state index in [0.29, 0.717) is 11.9 Å². The molecule has 2 nitrogen and oxygen atoms in total. The molecule has 0 aromatic rings. The SMILES string of the molecule is C=C(CC)CC(CCCCl)NN. The molecule has 0 aromatic heterocycles. The van der Waals surface area contributed by atoms with Gasteiger partial charge in [0.2, 0.25) is 0 Å². The molecule has 1 atom stereocenters. The van der Waals surface area contributed by atoms with Gasteiger partial charge in [0.15, 0.2) is 0 Å². The average Bonchev–Trinajstić information content (AvgIpc) is 2.11. The molecule has 0 aliphatic carbocycles. The highest BCUT2D eigenvalue weighted by atomic mass is 35.5. The maximum Gasteiger partial charge on any atom is 0.0248 e. The number of hydrogen-bond donors (Lipinski definition) is 2.